The topological polar surface area (TPSA) is 90.3 Å². The second-order valence-corrected chi connectivity index (χ2v) is 5.68. The van der Waals surface area contributed by atoms with E-state index in [9.17, 15) is 13.2 Å². The van der Waals surface area contributed by atoms with Crippen LogP contribution in [0.1, 0.15) is 19.8 Å². The molecular formula is C9H15N3O3S. The zero-order valence-corrected chi connectivity index (χ0v) is 10.1. The lowest BCUT2D eigenvalue weighted by molar-refractivity contribution is -0.127. The third-order valence-electron chi connectivity index (χ3n) is 2.62. The predicted molar refractivity (Wildman–Crippen MR) is 57.8 cm³/mol. The van der Waals surface area contributed by atoms with Crippen LogP contribution in [0.5, 0.6) is 0 Å². The quantitative estimate of drug-likeness (QED) is 0.718. The third-order valence-corrected chi connectivity index (χ3v) is 4.42. The van der Waals surface area contributed by atoms with Crippen LogP contribution in [0.15, 0.2) is 0 Å². The van der Waals surface area contributed by atoms with Crippen molar-refractivity contribution in [2.24, 2.45) is 0 Å². The maximum absolute atomic E-state index is 11.7. The zero-order valence-electron chi connectivity index (χ0n) is 9.30. The summed E-state index contributed by atoms with van der Waals surface area (Å²) in [5.41, 5.74) is 0. The number of carbonyl (C=O) groups excluding carboxylic acids is 1. The molecule has 6 nitrogen and oxygen atoms in total. The lowest BCUT2D eigenvalue weighted by Crippen LogP contribution is -2.44. The van der Waals surface area contributed by atoms with Gasteiger partial charge in [0.25, 0.3) is 0 Å². The average Bonchev–Trinajstić information content (AvgIpc) is 2.50. The molecule has 16 heavy (non-hydrogen) atoms. The Bertz CT molecular complexity index is 412. The highest BCUT2D eigenvalue weighted by molar-refractivity contribution is 7.90. The van der Waals surface area contributed by atoms with Crippen LogP contribution in [-0.4, -0.2) is 44.1 Å². The Labute approximate surface area is 95.3 Å². The van der Waals surface area contributed by atoms with E-state index in [1.807, 2.05) is 0 Å². The molecule has 0 bridgehead atoms. The molecule has 2 atom stereocenters. The van der Waals surface area contributed by atoms with Crippen LogP contribution in [0.2, 0.25) is 0 Å². The minimum Gasteiger partial charge on any atom is -0.344 e. The molecule has 0 saturated carbocycles. The summed E-state index contributed by atoms with van der Waals surface area (Å²) in [4.78, 5) is 13.0. The lowest BCUT2D eigenvalue weighted by Gasteiger charge is -2.14. The van der Waals surface area contributed by atoms with Crippen molar-refractivity contribution in [3.05, 3.63) is 0 Å². The fourth-order valence-electron chi connectivity index (χ4n) is 1.59. The zero-order chi connectivity index (χ0) is 12.3. The normalized spacial score (nSPS) is 23.2. The van der Waals surface area contributed by atoms with Gasteiger partial charge in [0.15, 0.2) is 5.25 Å². The molecule has 1 aliphatic rings. The summed E-state index contributed by atoms with van der Waals surface area (Å²) in [7, 11) is -2.10. The van der Waals surface area contributed by atoms with Gasteiger partial charge in [-0.05, 0) is 12.8 Å². The van der Waals surface area contributed by atoms with Crippen LogP contribution in [-0.2, 0) is 14.8 Å². The second kappa shape index (κ2) is 4.80. The molecule has 7 heteroatoms. The molecular weight excluding hydrogens is 230 g/mol. The Kier molecular flexibility index (Phi) is 3.88. The Morgan fingerprint density at radius 2 is 2.31 bits per heavy atom. The van der Waals surface area contributed by atoms with E-state index in [0.717, 1.165) is 0 Å². The summed E-state index contributed by atoms with van der Waals surface area (Å²) >= 11 is 0. The summed E-state index contributed by atoms with van der Waals surface area (Å²) < 4.78 is 25.7. The van der Waals surface area contributed by atoms with Crippen molar-refractivity contribution in [3.8, 4) is 6.07 Å². The molecule has 0 aromatic carbocycles. The lowest BCUT2D eigenvalue weighted by atomic mass is 10.3. The number of rotatable bonds is 4. The molecule has 1 amide bonds. The molecule has 1 fully saturated rings. The number of hydrogen-bond donors (Lipinski definition) is 1. The number of amides is 1. The van der Waals surface area contributed by atoms with Crippen molar-refractivity contribution in [3.63, 3.8) is 0 Å². The van der Waals surface area contributed by atoms with Crippen LogP contribution in [0.3, 0.4) is 0 Å². The summed E-state index contributed by atoms with van der Waals surface area (Å²) in [6.07, 6.45) is 0.666. The number of nitrogens with one attached hydrogen (secondary N) is 1. The molecule has 2 unspecified atom stereocenters. The SMILES string of the molecule is CCC(C#N)S(=O)(=O)NC1CCN(C)C1=O. The number of nitriles is 1. The Morgan fingerprint density at radius 3 is 2.69 bits per heavy atom. The highest BCUT2D eigenvalue weighted by Gasteiger charge is 2.35. The van der Waals surface area contributed by atoms with Gasteiger partial charge in [-0.3, -0.25) is 4.79 Å². The first kappa shape index (κ1) is 12.9. The Hall–Kier alpha value is -1.13. The highest BCUT2D eigenvalue weighted by atomic mass is 32.2. The van der Waals surface area contributed by atoms with Crippen molar-refractivity contribution < 1.29 is 13.2 Å². The predicted octanol–water partition coefficient (Wildman–Crippen LogP) is -0.561. The van der Waals surface area contributed by atoms with Gasteiger partial charge in [0.05, 0.1) is 6.07 Å². The van der Waals surface area contributed by atoms with E-state index in [2.05, 4.69) is 4.72 Å². The van der Waals surface area contributed by atoms with E-state index >= 15 is 0 Å². The van der Waals surface area contributed by atoms with Gasteiger partial charge in [-0.2, -0.15) is 5.26 Å². The van der Waals surface area contributed by atoms with Crippen LogP contribution in [0.4, 0.5) is 0 Å². The minimum atomic E-state index is -3.72. The van der Waals surface area contributed by atoms with Crippen LogP contribution < -0.4 is 4.72 Å². The average molecular weight is 245 g/mol. The summed E-state index contributed by atoms with van der Waals surface area (Å²) in [5, 5.41) is 7.60. The van der Waals surface area contributed by atoms with Gasteiger partial charge >= 0.3 is 0 Å². The van der Waals surface area contributed by atoms with E-state index in [0.29, 0.717) is 13.0 Å². The number of likely N-dealkylation sites (N-methyl/N-ethyl adjacent to an activating group) is 1. The van der Waals surface area contributed by atoms with Gasteiger partial charge < -0.3 is 4.90 Å². The molecule has 0 aromatic heterocycles. The van der Waals surface area contributed by atoms with Gasteiger partial charge in [0.2, 0.25) is 15.9 Å². The Morgan fingerprint density at radius 1 is 1.69 bits per heavy atom. The standard InChI is InChI=1S/C9H15N3O3S/c1-3-7(6-10)16(14,15)11-8-4-5-12(2)9(8)13/h7-8,11H,3-5H2,1-2H3. The highest BCUT2D eigenvalue weighted by Crippen LogP contribution is 2.12. The van der Waals surface area contributed by atoms with E-state index in [1.54, 1.807) is 20.0 Å². The first-order chi connectivity index (χ1) is 7.42. The first-order valence-electron chi connectivity index (χ1n) is 5.08. The fourth-order valence-corrected chi connectivity index (χ4v) is 2.95. The second-order valence-electron chi connectivity index (χ2n) is 3.79. The number of nitrogens with zero attached hydrogens (tertiary/aromatic N) is 2. The molecule has 1 heterocycles. The van der Waals surface area contributed by atoms with Gasteiger partial charge in [-0.25, -0.2) is 13.1 Å². The summed E-state index contributed by atoms with van der Waals surface area (Å²) in [5.74, 6) is -0.239. The van der Waals surface area contributed by atoms with Gasteiger partial charge in [0.1, 0.15) is 6.04 Å². The van der Waals surface area contributed by atoms with E-state index in [1.165, 1.54) is 4.90 Å². The number of likely N-dealkylation sites (tertiary alicyclic amines) is 1. The molecule has 1 rings (SSSR count). The van der Waals surface area contributed by atoms with Crippen molar-refractivity contribution in [2.45, 2.75) is 31.1 Å². The van der Waals surface area contributed by atoms with Crippen molar-refractivity contribution >= 4 is 15.9 Å². The van der Waals surface area contributed by atoms with Crippen molar-refractivity contribution in [1.29, 1.82) is 5.26 Å². The monoisotopic (exact) mass is 245 g/mol. The maximum Gasteiger partial charge on any atom is 0.240 e. The van der Waals surface area contributed by atoms with Crippen LogP contribution in [0, 0.1) is 11.3 Å². The van der Waals surface area contributed by atoms with Crippen LogP contribution in [0.25, 0.3) is 0 Å². The Balaban J connectivity index is 2.75. The molecule has 1 aliphatic heterocycles. The third kappa shape index (κ3) is 2.51. The number of hydrogen-bond acceptors (Lipinski definition) is 4. The number of carbonyl (C=O) groups is 1. The van der Waals surface area contributed by atoms with E-state index < -0.39 is 21.3 Å². The smallest absolute Gasteiger partial charge is 0.240 e. The van der Waals surface area contributed by atoms with Crippen molar-refractivity contribution in [1.82, 2.24) is 9.62 Å². The minimum absolute atomic E-state index is 0.211. The van der Waals surface area contributed by atoms with Gasteiger partial charge in [-0.1, -0.05) is 6.92 Å². The first-order valence-corrected chi connectivity index (χ1v) is 6.62. The van der Waals surface area contributed by atoms with Crippen LogP contribution >= 0.6 is 0 Å². The molecule has 90 valence electrons. The van der Waals surface area contributed by atoms with Crippen molar-refractivity contribution in [2.75, 3.05) is 13.6 Å². The summed E-state index contributed by atoms with van der Waals surface area (Å²) in [6.45, 7) is 2.16. The van der Waals surface area contributed by atoms with E-state index in [4.69, 9.17) is 5.26 Å². The number of sulfonamides is 1. The maximum atomic E-state index is 11.7. The molecule has 0 radical (unpaired) electrons. The molecule has 0 aromatic rings. The van der Waals surface area contributed by atoms with E-state index in [-0.39, 0.29) is 12.3 Å². The van der Waals surface area contributed by atoms with Gasteiger partial charge in [0, 0.05) is 13.6 Å². The van der Waals surface area contributed by atoms with Gasteiger partial charge in [-0.15, -0.1) is 0 Å². The molecule has 1 saturated heterocycles. The fraction of sp³-hybridized carbons (Fsp3) is 0.778. The summed E-state index contributed by atoms with van der Waals surface area (Å²) in [6, 6.07) is 1.01. The molecule has 1 N–H and O–H groups in total. The molecule has 0 aliphatic carbocycles. The molecule has 0 spiro atoms. The largest absolute Gasteiger partial charge is 0.344 e.